The van der Waals surface area contributed by atoms with E-state index >= 15 is 0 Å². The summed E-state index contributed by atoms with van der Waals surface area (Å²) in [5.74, 6) is -1.60. The second-order valence-corrected chi connectivity index (χ2v) is 4.14. The smallest absolute Gasteiger partial charge is 0.329 e. The summed E-state index contributed by atoms with van der Waals surface area (Å²) in [7, 11) is 0. The highest BCUT2D eigenvalue weighted by Crippen LogP contribution is 2.20. The molecule has 0 saturated heterocycles. The number of hydrogen-bond donors (Lipinski definition) is 2. The summed E-state index contributed by atoms with van der Waals surface area (Å²) in [6, 6.07) is 7.06. The minimum Gasteiger partial charge on any atom is -0.480 e. The van der Waals surface area contributed by atoms with Gasteiger partial charge in [-0.1, -0.05) is 23.7 Å². The molecule has 104 valence electrons. The van der Waals surface area contributed by atoms with Gasteiger partial charge in [0.25, 0.3) is 5.91 Å². The number of carbonyl (C=O) groups is 2. The van der Waals surface area contributed by atoms with E-state index in [1.807, 2.05) is 0 Å². The van der Waals surface area contributed by atoms with E-state index in [0.29, 0.717) is 11.0 Å². The monoisotopic (exact) mass is 295 g/mol. The molecule has 0 bridgehead atoms. The van der Waals surface area contributed by atoms with E-state index < -0.39 is 25.1 Å². The Labute approximate surface area is 118 Å². The molecule has 0 spiro atoms. The Balaban J connectivity index is 2.07. The van der Waals surface area contributed by atoms with Crippen LogP contribution in [-0.4, -0.2) is 40.2 Å². The van der Waals surface area contributed by atoms with Crippen LogP contribution in [0.4, 0.5) is 5.82 Å². The van der Waals surface area contributed by atoms with Crippen molar-refractivity contribution >= 4 is 40.3 Å². The van der Waals surface area contributed by atoms with Gasteiger partial charge in [-0.2, -0.15) is 0 Å². The molecule has 1 heterocycles. The molecule has 0 radical (unpaired) electrons. The molecule has 1 aromatic carbocycles. The maximum absolute atomic E-state index is 11.5. The standard InChI is InChI=1S/C12H10ClN3O4/c13-11-12(16-9(17)5-20-6-10(18)19)15-8-4-2-1-3-7(8)14-11/h1-4H,5-6H2,(H,18,19)(H,15,16,17). The van der Waals surface area contributed by atoms with Gasteiger partial charge in [0, 0.05) is 0 Å². The van der Waals surface area contributed by atoms with Gasteiger partial charge in [-0.05, 0) is 12.1 Å². The molecule has 1 aromatic heterocycles. The summed E-state index contributed by atoms with van der Waals surface area (Å²) in [5.41, 5.74) is 1.19. The summed E-state index contributed by atoms with van der Waals surface area (Å²) in [6.45, 7) is -0.957. The number of halogens is 1. The molecule has 2 aromatic rings. The number of hydrogen-bond acceptors (Lipinski definition) is 5. The van der Waals surface area contributed by atoms with Crippen molar-refractivity contribution in [3.8, 4) is 0 Å². The van der Waals surface area contributed by atoms with Crippen molar-refractivity contribution in [2.45, 2.75) is 0 Å². The first-order chi connectivity index (χ1) is 9.56. The van der Waals surface area contributed by atoms with E-state index in [0.717, 1.165) is 0 Å². The summed E-state index contributed by atoms with van der Waals surface area (Å²) in [4.78, 5) is 30.0. The minimum absolute atomic E-state index is 0.0512. The summed E-state index contributed by atoms with van der Waals surface area (Å²) in [5, 5.41) is 10.8. The lowest BCUT2D eigenvalue weighted by Gasteiger charge is -2.07. The number of para-hydroxylation sites is 2. The lowest BCUT2D eigenvalue weighted by Crippen LogP contribution is -2.21. The predicted octanol–water partition coefficient (Wildman–Crippen LogP) is 1.32. The van der Waals surface area contributed by atoms with E-state index in [9.17, 15) is 9.59 Å². The van der Waals surface area contributed by atoms with Crippen LogP contribution in [0.1, 0.15) is 0 Å². The number of fused-ring (bicyclic) bond motifs is 1. The Morgan fingerprint density at radius 2 is 1.85 bits per heavy atom. The molecule has 0 atom stereocenters. The molecule has 20 heavy (non-hydrogen) atoms. The predicted molar refractivity (Wildman–Crippen MR) is 71.6 cm³/mol. The molecular formula is C12H10ClN3O4. The van der Waals surface area contributed by atoms with Crippen molar-refractivity contribution in [1.82, 2.24) is 9.97 Å². The topological polar surface area (TPSA) is 101 Å². The van der Waals surface area contributed by atoms with Gasteiger partial charge in [0.15, 0.2) is 11.0 Å². The van der Waals surface area contributed by atoms with Crippen LogP contribution in [0.2, 0.25) is 5.15 Å². The van der Waals surface area contributed by atoms with Crippen LogP contribution in [0, 0.1) is 0 Å². The van der Waals surface area contributed by atoms with Crippen molar-refractivity contribution in [3.63, 3.8) is 0 Å². The Morgan fingerprint density at radius 3 is 2.50 bits per heavy atom. The zero-order valence-electron chi connectivity index (χ0n) is 10.2. The number of ether oxygens (including phenoxy) is 1. The van der Waals surface area contributed by atoms with E-state index in [1.165, 1.54) is 0 Å². The third-order valence-electron chi connectivity index (χ3n) is 2.24. The molecule has 1 amide bonds. The zero-order valence-corrected chi connectivity index (χ0v) is 10.9. The van der Waals surface area contributed by atoms with Crippen LogP contribution in [0.15, 0.2) is 24.3 Å². The maximum Gasteiger partial charge on any atom is 0.329 e. The molecule has 7 nitrogen and oxygen atoms in total. The van der Waals surface area contributed by atoms with Crippen LogP contribution in [0.5, 0.6) is 0 Å². The molecule has 0 aliphatic rings. The summed E-state index contributed by atoms with van der Waals surface area (Å²) in [6.07, 6.45) is 0. The molecule has 2 N–H and O–H groups in total. The first-order valence-corrected chi connectivity index (χ1v) is 5.96. The van der Waals surface area contributed by atoms with Gasteiger partial charge in [-0.25, -0.2) is 14.8 Å². The first kappa shape index (κ1) is 14.2. The number of amides is 1. The van der Waals surface area contributed by atoms with Crippen molar-refractivity contribution < 1.29 is 19.4 Å². The second kappa shape index (κ2) is 6.27. The van der Waals surface area contributed by atoms with Gasteiger partial charge in [0.05, 0.1) is 11.0 Å². The quantitative estimate of drug-likeness (QED) is 0.862. The molecule has 2 rings (SSSR count). The van der Waals surface area contributed by atoms with E-state index in [2.05, 4.69) is 20.0 Å². The van der Waals surface area contributed by atoms with Gasteiger partial charge in [0.1, 0.15) is 13.2 Å². The minimum atomic E-state index is -1.15. The van der Waals surface area contributed by atoms with Crippen molar-refractivity contribution in [2.24, 2.45) is 0 Å². The van der Waals surface area contributed by atoms with Crippen LogP contribution in [-0.2, 0) is 14.3 Å². The highest BCUT2D eigenvalue weighted by molar-refractivity contribution is 6.32. The number of anilines is 1. The zero-order chi connectivity index (χ0) is 14.5. The van der Waals surface area contributed by atoms with E-state index in [1.54, 1.807) is 24.3 Å². The molecule has 0 fully saturated rings. The Kier molecular flexibility index (Phi) is 4.44. The first-order valence-electron chi connectivity index (χ1n) is 5.58. The second-order valence-electron chi connectivity index (χ2n) is 3.79. The SMILES string of the molecule is O=C(O)COCC(=O)Nc1nc2ccccc2nc1Cl. The van der Waals surface area contributed by atoms with Crippen LogP contribution in [0.25, 0.3) is 11.0 Å². The van der Waals surface area contributed by atoms with E-state index in [4.69, 9.17) is 16.7 Å². The molecule has 0 unspecified atom stereocenters. The normalized spacial score (nSPS) is 10.4. The molecule has 0 aliphatic carbocycles. The number of carboxylic acids is 1. The van der Waals surface area contributed by atoms with E-state index in [-0.39, 0.29) is 11.0 Å². The Hall–Kier alpha value is -2.25. The Bertz CT molecular complexity index is 662. The fourth-order valence-corrected chi connectivity index (χ4v) is 1.64. The van der Waals surface area contributed by atoms with Crippen molar-refractivity contribution in [2.75, 3.05) is 18.5 Å². The van der Waals surface area contributed by atoms with Gasteiger partial charge < -0.3 is 15.2 Å². The average molecular weight is 296 g/mol. The number of nitrogens with one attached hydrogen (secondary N) is 1. The lowest BCUT2D eigenvalue weighted by atomic mass is 10.3. The number of aromatic nitrogens is 2. The Morgan fingerprint density at radius 1 is 1.20 bits per heavy atom. The maximum atomic E-state index is 11.5. The molecule has 0 saturated carbocycles. The number of rotatable bonds is 5. The largest absolute Gasteiger partial charge is 0.480 e. The lowest BCUT2D eigenvalue weighted by molar-refractivity contribution is -0.143. The number of benzene rings is 1. The van der Waals surface area contributed by atoms with Crippen molar-refractivity contribution in [1.29, 1.82) is 0 Å². The van der Waals surface area contributed by atoms with Gasteiger partial charge in [0.2, 0.25) is 0 Å². The molecular weight excluding hydrogens is 286 g/mol. The highest BCUT2D eigenvalue weighted by Gasteiger charge is 2.10. The number of carboxylic acid groups (broad SMARTS) is 1. The fourth-order valence-electron chi connectivity index (χ4n) is 1.46. The number of carbonyl (C=O) groups excluding carboxylic acids is 1. The third-order valence-corrected chi connectivity index (χ3v) is 2.51. The molecule has 8 heteroatoms. The number of aliphatic carboxylic acids is 1. The summed E-state index contributed by atoms with van der Waals surface area (Å²) >= 11 is 5.91. The molecule has 0 aliphatic heterocycles. The van der Waals surface area contributed by atoms with Gasteiger partial charge in [-0.15, -0.1) is 0 Å². The van der Waals surface area contributed by atoms with Crippen LogP contribution < -0.4 is 5.32 Å². The summed E-state index contributed by atoms with van der Waals surface area (Å²) < 4.78 is 4.65. The van der Waals surface area contributed by atoms with Crippen LogP contribution in [0.3, 0.4) is 0 Å². The van der Waals surface area contributed by atoms with Crippen LogP contribution >= 0.6 is 11.6 Å². The fraction of sp³-hybridized carbons (Fsp3) is 0.167. The van der Waals surface area contributed by atoms with Gasteiger partial charge in [-0.3, -0.25) is 4.79 Å². The average Bonchev–Trinajstić information content (AvgIpc) is 2.39. The highest BCUT2D eigenvalue weighted by atomic mass is 35.5. The third kappa shape index (κ3) is 3.62. The van der Waals surface area contributed by atoms with Crippen molar-refractivity contribution in [3.05, 3.63) is 29.4 Å². The number of nitrogens with zero attached hydrogens (tertiary/aromatic N) is 2. The van der Waals surface area contributed by atoms with Gasteiger partial charge >= 0.3 is 5.97 Å².